The van der Waals surface area contributed by atoms with E-state index in [1.54, 1.807) is 0 Å². The number of β-amino-alcohol motifs (C(OH)–C–C–N with tert-alkyl or cyclic N) is 1. The van der Waals surface area contributed by atoms with Crippen molar-refractivity contribution in [2.45, 2.75) is 33.3 Å². The lowest BCUT2D eigenvalue weighted by Gasteiger charge is -2.31. The molecule has 4 heteroatoms. The number of aliphatic hydroxyl groups is 1. The summed E-state index contributed by atoms with van der Waals surface area (Å²) in [5.41, 5.74) is 0. The number of likely N-dealkylation sites (N-methyl/N-ethyl adjacent to an activating group) is 1. The number of morpholine rings is 1. The van der Waals surface area contributed by atoms with Crippen LogP contribution in [0, 0.1) is 5.92 Å². The SMILES string of the molecule is CCC(C)CN(CC)CC(O)CN1CCOCC1. The molecular formula is C14H30N2O2. The molecule has 2 atom stereocenters. The summed E-state index contributed by atoms with van der Waals surface area (Å²) in [7, 11) is 0. The average molecular weight is 258 g/mol. The number of hydrogen-bond donors (Lipinski definition) is 1. The van der Waals surface area contributed by atoms with E-state index in [0.717, 1.165) is 52.5 Å². The van der Waals surface area contributed by atoms with Crippen molar-refractivity contribution in [1.82, 2.24) is 9.80 Å². The van der Waals surface area contributed by atoms with E-state index in [9.17, 15) is 5.11 Å². The maximum atomic E-state index is 10.2. The summed E-state index contributed by atoms with van der Waals surface area (Å²) in [5, 5.41) is 10.2. The quantitative estimate of drug-likeness (QED) is 0.706. The lowest BCUT2D eigenvalue weighted by Crippen LogP contribution is -2.45. The minimum Gasteiger partial charge on any atom is -0.390 e. The summed E-state index contributed by atoms with van der Waals surface area (Å²) < 4.78 is 5.32. The number of hydrogen-bond acceptors (Lipinski definition) is 4. The smallest absolute Gasteiger partial charge is 0.0793 e. The third kappa shape index (κ3) is 6.14. The second-order valence-electron chi connectivity index (χ2n) is 5.43. The summed E-state index contributed by atoms with van der Waals surface area (Å²) in [5.74, 6) is 0.709. The molecule has 0 aliphatic carbocycles. The average Bonchev–Trinajstić information content (AvgIpc) is 2.38. The van der Waals surface area contributed by atoms with Gasteiger partial charge in [0, 0.05) is 32.7 Å². The normalized spacial score (nSPS) is 21.2. The molecule has 0 aromatic carbocycles. The highest BCUT2D eigenvalue weighted by atomic mass is 16.5. The van der Waals surface area contributed by atoms with E-state index in [0.29, 0.717) is 5.92 Å². The minimum atomic E-state index is -0.243. The van der Waals surface area contributed by atoms with Gasteiger partial charge in [-0.15, -0.1) is 0 Å². The molecular weight excluding hydrogens is 228 g/mol. The van der Waals surface area contributed by atoms with Crippen molar-refractivity contribution in [3.8, 4) is 0 Å². The second kappa shape index (κ2) is 8.86. The Morgan fingerprint density at radius 2 is 1.89 bits per heavy atom. The Kier molecular flexibility index (Phi) is 7.82. The summed E-state index contributed by atoms with van der Waals surface area (Å²) in [4.78, 5) is 4.66. The van der Waals surface area contributed by atoms with Crippen LogP contribution in [0.4, 0.5) is 0 Å². The zero-order valence-electron chi connectivity index (χ0n) is 12.3. The van der Waals surface area contributed by atoms with Gasteiger partial charge in [-0.1, -0.05) is 27.2 Å². The third-order valence-corrected chi connectivity index (χ3v) is 3.76. The monoisotopic (exact) mass is 258 g/mol. The van der Waals surface area contributed by atoms with Crippen molar-refractivity contribution >= 4 is 0 Å². The molecule has 0 aromatic heterocycles. The molecule has 1 saturated heterocycles. The van der Waals surface area contributed by atoms with Crippen LogP contribution in [-0.4, -0.2) is 73.5 Å². The van der Waals surface area contributed by atoms with E-state index >= 15 is 0 Å². The van der Waals surface area contributed by atoms with Crippen molar-refractivity contribution in [3.05, 3.63) is 0 Å². The molecule has 0 bridgehead atoms. The van der Waals surface area contributed by atoms with E-state index in [2.05, 4.69) is 30.6 Å². The van der Waals surface area contributed by atoms with Crippen LogP contribution in [0.1, 0.15) is 27.2 Å². The zero-order valence-corrected chi connectivity index (χ0v) is 12.3. The van der Waals surface area contributed by atoms with Crippen LogP contribution in [0.3, 0.4) is 0 Å². The maximum Gasteiger partial charge on any atom is 0.0793 e. The lowest BCUT2D eigenvalue weighted by molar-refractivity contribution is 0.00634. The van der Waals surface area contributed by atoms with Crippen LogP contribution < -0.4 is 0 Å². The van der Waals surface area contributed by atoms with E-state index < -0.39 is 0 Å². The van der Waals surface area contributed by atoms with Crippen LogP contribution in [0.2, 0.25) is 0 Å². The van der Waals surface area contributed by atoms with Gasteiger partial charge in [-0.3, -0.25) is 4.90 Å². The first-order chi connectivity index (χ1) is 8.65. The van der Waals surface area contributed by atoms with Gasteiger partial charge in [-0.05, 0) is 12.5 Å². The van der Waals surface area contributed by atoms with Crippen molar-refractivity contribution in [1.29, 1.82) is 0 Å². The second-order valence-corrected chi connectivity index (χ2v) is 5.43. The molecule has 1 aliphatic rings. The predicted octanol–water partition coefficient (Wildman–Crippen LogP) is 1.05. The molecule has 1 heterocycles. The molecule has 18 heavy (non-hydrogen) atoms. The van der Waals surface area contributed by atoms with Crippen LogP contribution in [0.5, 0.6) is 0 Å². The Hall–Kier alpha value is -0.160. The highest BCUT2D eigenvalue weighted by Gasteiger charge is 2.17. The van der Waals surface area contributed by atoms with E-state index in [4.69, 9.17) is 4.74 Å². The van der Waals surface area contributed by atoms with E-state index in [1.165, 1.54) is 6.42 Å². The summed E-state index contributed by atoms with van der Waals surface area (Å²) >= 11 is 0. The summed E-state index contributed by atoms with van der Waals surface area (Å²) in [6.07, 6.45) is 0.961. The maximum absolute atomic E-state index is 10.2. The minimum absolute atomic E-state index is 0.243. The molecule has 0 aromatic rings. The van der Waals surface area contributed by atoms with Crippen LogP contribution in [0.15, 0.2) is 0 Å². The van der Waals surface area contributed by atoms with Gasteiger partial charge in [0.15, 0.2) is 0 Å². The van der Waals surface area contributed by atoms with Crippen molar-refractivity contribution < 1.29 is 9.84 Å². The van der Waals surface area contributed by atoms with Crippen LogP contribution >= 0.6 is 0 Å². The third-order valence-electron chi connectivity index (χ3n) is 3.76. The van der Waals surface area contributed by atoms with Crippen molar-refractivity contribution in [3.63, 3.8) is 0 Å². The first-order valence-electron chi connectivity index (χ1n) is 7.36. The fourth-order valence-electron chi connectivity index (χ4n) is 2.34. The van der Waals surface area contributed by atoms with Gasteiger partial charge in [0.1, 0.15) is 0 Å². The number of ether oxygens (including phenoxy) is 1. The van der Waals surface area contributed by atoms with Crippen LogP contribution in [-0.2, 0) is 4.74 Å². The molecule has 1 fully saturated rings. The Bertz CT molecular complexity index is 208. The first kappa shape index (κ1) is 15.9. The fraction of sp³-hybridized carbons (Fsp3) is 1.00. The molecule has 0 amide bonds. The number of nitrogens with zero attached hydrogens (tertiary/aromatic N) is 2. The van der Waals surface area contributed by atoms with Gasteiger partial charge in [0.2, 0.25) is 0 Å². The summed E-state index contributed by atoms with van der Waals surface area (Å²) in [6.45, 7) is 13.9. The molecule has 0 radical (unpaired) electrons. The van der Waals surface area contributed by atoms with Crippen molar-refractivity contribution in [2.75, 3.05) is 52.5 Å². The molecule has 1 N–H and O–H groups in total. The molecule has 0 saturated carbocycles. The standard InChI is InChI=1S/C14H30N2O2/c1-4-13(3)10-15(5-2)11-14(17)12-16-6-8-18-9-7-16/h13-14,17H,4-12H2,1-3H3. The Morgan fingerprint density at radius 3 is 2.44 bits per heavy atom. The van der Waals surface area contributed by atoms with Crippen LogP contribution in [0.25, 0.3) is 0 Å². The topological polar surface area (TPSA) is 35.9 Å². The highest BCUT2D eigenvalue weighted by molar-refractivity contribution is 4.71. The number of rotatable bonds is 8. The molecule has 1 aliphatic heterocycles. The van der Waals surface area contributed by atoms with Gasteiger partial charge >= 0.3 is 0 Å². The molecule has 108 valence electrons. The van der Waals surface area contributed by atoms with Crippen molar-refractivity contribution in [2.24, 2.45) is 5.92 Å². The van der Waals surface area contributed by atoms with E-state index in [1.807, 2.05) is 0 Å². The number of aliphatic hydroxyl groups excluding tert-OH is 1. The summed E-state index contributed by atoms with van der Waals surface area (Å²) in [6, 6.07) is 0. The Labute approximate surface area is 112 Å². The first-order valence-corrected chi connectivity index (χ1v) is 7.36. The molecule has 0 spiro atoms. The Balaban J connectivity index is 2.25. The van der Waals surface area contributed by atoms with Gasteiger partial charge in [-0.25, -0.2) is 0 Å². The van der Waals surface area contributed by atoms with Gasteiger partial charge in [-0.2, -0.15) is 0 Å². The van der Waals surface area contributed by atoms with Gasteiger partial charge in [0.25, 0.3) is 0 Å². The highest BCUT2D eigenvalue weighted by Crippen LogP contribution is 2.06. The fourth-order valence-corrected chi connectivity index (χ4v) is 2.34. The van der Waals surface area contributed by atoms with Gasteiger partial charge < -0.3 is 14.7 Å². The zero-order chi connectivity index (χ0) is 13.4. The Morgan fingerprint density at radius 1 is 1.22 bits per heavy atom. The predicted molar refractivity (Wildman–Crippen MR) is 74.8 cm³/mol. The van der Waals surface area contributed by atoms with Gasteiger partial charge in [0.05, 0.1) is 19.3 Å². The van der Waals surface area contributed by atoms with E-state index in [-0.39, 0.29) is 6.10 Å². The largest absolute Gasteiger partial charge is 0.390 e. The lowest BCUT2D eigenvalue weighted by atomic mass is 10.1. The molecule has 4 nitrogen and oxygen atoms in total. The molecule has 2 unspecified atom stereocenters. The molecule has 1 rings (SSSR count).